The standard InChI is InChI=1S/C27H32N2O7S/c1-5-17-36-21-12-8-19(9-13-21)24-23(26(31)27(32)29(24)16-18-35-4)25(30)20-10-14-22(15-11-20)37(33,34)28(6-2)7-3/h5,8-15,24,30H,1,6-7,16-18H2,2-4H3/b25-23+/t24-/m1/s1. The van der Waals surface area contributed by atoms with Crippen molar-refractivity contribution >= 4 is 27.5 Å². The Balaban J connectivity index is 2.06. The number of carbonyl (C=O) groups excluding carboxylic acids is 2. The minimum atomic E-state index is -3.69. The molecule has 37 heavy (non-hydrogen) atoms. The molecule has 10 heteroatoms. The first kappa shape index (κ1) is 28.1. The Morgan fingerprint density at radius 2 is 1.70 bits per heavy atom. The molecule has 3 rings (SSSR count). The largest absolute Gasteiger partial charge is 0.507 e. The van der Waals surface area contributed by atoms with Gasteiger partial charge in [-0.3, -0.25) is 9.59 Å². The number of sulfonamides is 1. The van der Waals surface area contributed by atoms with E-state index in [2.05, 4.69) is 6.58 Å². The van der Waals surface area contributed by atoms with Gasteiger partial charge in [-0.15, -0.1) is 0 Å². The average molecular weight is 529 g/mol. The van der Waals surface area contributed by atoms with Crippen LogP contribution in [0.1, 0.15) is 31.0 Å². The molecule has 9 nitrogen and oxygen atoms in total. The SMILES string of the molecule is C=CCOc1ccc([C@@H]2/C(=C(\O)c3ccc(S(=O)(=O)N(CC)CC)cc3)C(=O)C(=O)N2CCOC)cc1. The van der Waals surface area contributed by atoms with Crippen LogP contribution in [0.25, 0.3) is 5.76 Å². The fraction of sp³-hybridized carbons (Fsp3) is 0.333. The Kier molecular flexibility index (Phi) is 9.25. The van der Waals surface area contributed by atoms with Gasteiger partial charge in [0.1, 0.15) is 18.1 Å². The molecule has 1 N–H and O–H groups in total. The molecule has 0 aliphatic carbocycles. The van der Waals surface area contributed by atoms with Crippen LogP contribution >= 0.6 is 0 Å². The summed E-state index contributed by atoms with van der Waals surface area (Å²) in [6.45, 7) is 8.42. The van der Waals surface area contributed by atoms with Gasteiger partial charge in [-0.2, -0.15) is 4.31 Å². The molecule has 1 heterocycles. The third-order valence-electron chi connectivity index (χ3n) is 6.11. The number of aliphatic hydroxyl groups excluding tert-OH is 1. The number of Topliss-reactive ketones (excluding diaryl/α,β-unsaturated/α-hetero) is 1. The Morgan fingerprint density at radius 3 is 2.24 bits per heavy atom. The number of ether oxygens (including phenoxy) is 2. The van der Waals surface area contributed by atoms with Crippen molar-refractivity contribution in [2.75, 3.05) is 40.0 Å². The fourth-order valence-corrected chi connectivity index (χ4v) is 5.66. The molecule has 0 spiro atoms. The van der Waals surface area contributed by atoms with Crippen molar-refractivity contribution in [3.8, 4) is 5.75 Å². The van der Waals surface area contributed by atoms with Crippen molar-refractivity contribution in [2.24, 2.45) is 0 Å². The number of hydrogen-bond donors (Lipinski definition) is 1. The quantitative estimate of drug-likeness (QED) is 0.195. The number of likely N-dealkylation sites (tertiary alicyclic amines) is 1. The lowest BCUT2D eigenvalue weighted by Crippen LogP contribution is -2.32. The van der Waals surface area contributed by atoms with Crippen LogP contribution in [0.3, 0.4) is 0 Å². The molecule has 1 aliphatic heterocycles. The minimum Gasteiger partial charge on any atom is -0.507 e. The third kappa shape index (κ3) is 5.76. The molecule has 0 bridgehead atoms. The maximum atomic E-state index is 13.1. The van der Waals surface area contributed by atoms with E-state index in [1.165, 1.54) is 40.6 Å². The molecule has 1 amide bonds. The molecule has 0 radical (unpaired) electrons. The predicted molar refractivity (Wildman–Crippen MR) is 140 cm³/mol. The minimum absolute atomic E-state index is 0.0694. The number of ketones is 1. The molecule has 0 unspecified atom stereocenters. The number of nitrogens with zero attached hydrogens (tertiary/aromatic N) is 2. The molecule has 1 fully saturated rings. The molecule has 0 saturated carbocycles. The second-order valence-corrected chi connectivity index (χ2v) is 10.2. The first-order valence-electron chi connectivity index (χ1n) is 11.9. The van der Waals surface area contributed by atoms with Crippen LogP contribution in [0.2, 0.25) is 0 Å². The zero-order valence-corrected chi connectivity index (χ0v) is 22.0. The lowest BCUT2D eigenvalue weighted by molar-refractivity contribution is -0.140. The van der Waals surface area contributed by atoms with Crippen molar-refractivity contribution in [3.05, 3.63) is 77.9 Å². The van der Waals surface area contributed by atoms with Crippen molar-refractivity contribution in [3.63, 3.8) is 0 Å². The van der Waals surface area contributed by atoms with E-state index in [1.807, 2.05) is 0 Å². The highest BCUT2D eigenvalue weighted by Gasteiger charge is 2.45. The number of rotatable bonds is 12. The van der Waals surface area contributed by atoms with Crippen LogP contribution in [0.4, 0.5) is 0 Å². The molecule has 2 aromatic carbocycles. The molecule has 0 aromatic heterocycles. The van der Waals surface area contributed by atoms with E-state index in [9.17, 15) is 23.1 Å². The van der Waals surface area contributed by atoms with Gasteiger partial charge in [0.25, 0.3) is 11.7 Å². The Morgan fingerprint density at radius 1 is 1.08 bits per heavy atom. The number of benzene rings is 2. The van der Waals surface area contributed by atoms with Crippen LogP contribution in [-0.4, -0.2) is 74.4 Å². The molecule has 198 valence electrons. The summed E-state index contributed by atoms with van der Waals surface area (Å²) in [5, 5.41) is 11.2. The second-order valence-electron chi connectivity index (χ2n) is 8.27. The van der Waals surface area contributed by atoms with E-state index in [1.54, 1.807) is 44.2 Å². The van der Waals surface area contributed by atoms with Crippen LogP contribution < -0.4 is 4.74 Å². The van der Waals surface area contributed by atoms with Gasteiger partial charge in [0, 0.05) is 32.3 Å². The van der Waals surface area contributed by atoms with Crippen molar-refractivity contribution in [2.45, 2.75) is 24.8 Å². The molecular weight excluding hydrogens is 496 g/mol. The first-order valence-corrected chi connectivity index (χ1v) is 13.4. The highest BCUT2D eigenvalue weighted by Crippen LogP contribution is 2.39. The number of hydrogen-bond acceptors (Lipinski definition) is 7. The Bertz CT molecular complexity index is 1260. The van der Waals surface area contributed by atoms with Crippen LogP contribution in [0.5, 0.6) is 5.75 Å². The van der Waals surface area contributed by atoms with Crippen LogP contribution in [-0.2, 0) is 24.3 Å². The van der Waals surface area contributed by atoms with E-state index in [-0.39, 0.29) is 34.9 Å². The molecule has 1 aliphatic rings. The predicted octanol–water partition coefficient (Wildman–Crippen LogP) is 3.35. The highest BCUT2D eigenvalue weighted by atomic mass is 32.2. The summed E-state index contributed by atoms with van der Waals surface area (Å²) in [4.78, 5) is 27.4. The summed E-state index contributed by atoms with van der Waals surface area (Å²) in [6, 6.07) is 11.6. The van der Waals surface area contributed by atoms with Gasteiger partial charge < -0.3 is 19.5 Å². The zero-order chi connectivity index (χ0) is 27.2. The average Bonchev–Trinajstić information content (AvgIpc) is 3.16. The van der Waals surface area contributed by atoms with E-state index in [0.717, 1.165) is 0 Å². The van der Waals surface area contributed by atoms with Gasteiger partial charge in [0.05, 0.1) is 23.1 Å². The van der Waals surface area contributed by atoms with E-state index < -0.39 is 27.8 Å². The molecule has 1 atom stereocenters. The van der Waals surface area contributed by atoms with Gasteiger partial charge >= 0.3 is 0 Å². The lowest BCUT2D eigenvalue weighted by atomic mass is 9.95. The summed E-state index contributed by atoms with van der Waals surface area (Å²) in [5.41, 5.74) is 0.739. The van der Waals surface area contributed by atoms with E-state index >= 15 is 0 Å². The number of carbonyl (C=O) groups is 2. The van der Waals surface area contributed by atoms with Crippen molar-refractivity contribution < 1.29 is 32.6 Å². The lowest BCUT2D eigenvalue weighted by Gasteiger charge is -2.25. The van der Waals surface area contributed by atoms with Crippen molar-refractivity contribution in [1.82, 2.24) is 9.21 Å². The fourth-order valence-electron chi connectivity index (χ4n) is 4.20. The Hall–Kier alpha value is -3.47. The number of amides is 1. The molecule has 1 saturated heterocycles. The molecular formula is C27H32N2O7S. The van der Waals surface area contributed by atoms with Crippen molar-refractivity contribution in [1.29, 1.82) is 0 Å². The monoisotopic (exact) mass is 528 g/mol. The Labute approximate surface area is 217 Å². The summed E-state index contributed by atoms with van der Waals surface area (Å²) in [6.07, 6.45) is 1.62. The number of aliphatic hydroxyl groups is 1. The van der Waals surface area contributed by atoms with Gasteiger partial charge in [-0.1, -0.05) is 38.6 Å². The van der Waals surface area contributed by atoms with Gasteiger partial charge in [-0.25, -0.2) is 8.42 Å². The topological polar surface area (TPSA) is 113 Å². The third-order valence-corrected chi connectivity index (χ3v) is 8.18. The van der Waals surface area contributed by atoms with Gasteiger partial charge in [0.15, 0.2) is 0 Å². The second kappa shape index (κ2) is 12.2. The van der Waals surface area contributed by atoms with Gasteiger partial charge in [0.2, 0.25) is 10.0 Å². The summed E-state index contributed by atoms with van der Waals surface area (Å²) >= 11 is 0. The maximum absolute atomic E-state index is 13.1. The van der Waals surface area contributed by atoms with E-state index in [0.29, 0.717) is 31.0 Å². The van der Waals surface area contributed by atoms with E-state index in [4.69, 9.17) is 9.47 Å². The number of methoxy groups -OCH3 is 1. The van der Waals surface area contributed by atoms with Crippen LogP contribution in [0.15, 0.2) is 71.7 Å². The zero-order valence-electron chi connectivity index (χ0n) is 21.2. The van der Waals surface area contributed by atoms with Gasteiger partial charge in [-0.05, 0) is 42.0 Å². The maximum Gasteiger partial charge on any atom is 0.295 e. The molecule has 2 aromatic rings. The van der Waals surface area contributed by atoms with Crippen LogP contribution in [0, 0.1) is 0 Å². The summed E-state index contributed by atoms with van der Waals surface area (Å²) in [7, 11) is -2.20. The summed E-state index contributed by atoms with van der Waals surface area (Å²) < 4.78 is 37.6. The smallest absolute Gasteiger partial charge is 0.295 e. The summed E-state index contributed by atoms with van der Waals surface area (Å²) in [5.74, 6) is -1.38. The highest BCUT2D eigenvalue weighted by molar-refractivity contribution is 7.89. The normalized spacial score (nSPS) is 17.4. The first-order chi connectivity index (χ1) is 17.7.